The van der Waals surface area contributed by atoms with E-state index in [-0.39, 0.29) is 0 Å². The van der Waals surface area contributed by atoms with Crippen LogP contribution in [0.2, 0.25) is 0 Å². The molecule has 4 heteroatoms. The van der Waals surface area contributed by atoms with Crippen LogP contribution in [0.5, 0.6) is 5.75 Å². The number of fused-ring (bicyclic) bond motifs is 1. The molecule has 1 aromatic carbocycles. The normalized spacial score (nSPS) is 16.4. The maximum absolute atomic E-state index is 5.68. The summed E-state index contributed by atoms with van der Waals surface area (Å²) in [5, 5.41) is 4.60. The Balaban J connectivity index is 1.92. The molecular formula is C16H21N3O. The lowest BCUT2D eigenvalue weighted by Gasteiger charge is -2.27. The molecule has 1 aliphatic rings. The number of ether oxygens (including phenoxy) is 1. The van der Waals surface area contributed by atoms with E-state index < -0.39 is 0 Å². The van der Waals surface area contributed by atoms with Crippen molar-refractivity contribution >= 4 is 10.9 Å². The molecule has 0 radical (unpaired) electrons. The average molecular weight is 271 g/mol. The van der Waals surface area contributed by atoms with Crippen LogP contribution in [0.3, 0.4) is 0 Å². The summed E-state index contributed by atoms with van der Waals surface area (Å²) in [4.78, 5) is 6.98. The number of rotatable bonds is 4. The molecule has 3 rings (SSSR count). The molecule has 1 saturated heterocycles. The summed E-state index contributed by atoms with van der Waals surface area (Å²) >= 11 is 0. The maximum Gasteiger partial charge on any atom is 0.145 e. The summed E-state index contributed by atoms with van der Waals surface area (Å²) in [5.41, 5.74) is 2.31. The molecular weight excluding hydrogens is 250 g/mol. The van der Waals surface area contributed by atoms with Gasteiger partial charge in [-0.25, -0.2) is 0 Å². The van der Waals surface area contributed by atoms with Gasteiger partial charge in [0.1, 0.15) is 11.3 Å². The van der Waals surface area contributed by atoms with Crippen molar-refractivity contribution < 1.29 is 4.74 Å². The van der Waals surface area contributed by atoms with Crippen LogP contribution in [-0.4, -0.2) is 42.7 Å². The highest BCUT2D eigenvalue weighted by Gasteiger charge is 2.13. The summed E-state index contributed by atoms with van der Waals surface area (Å²) < 4.78 is 5.68. The lowest BCUT2D eigenvalue weighted by molar-refractivity contribution is 0.234. The van der Waals surface area contributed by atoms with Gasteiger partial charge in [0.2, 0.25) is 0 Å². The third-order valence-corrected chi connectivity index (χ3v) is 3.73. The van der Waals surface area contributed by atoms with Crippen LogP contribution in [0.15, 0.2) is 30.5 Å². The molecule has 0 atom stereocenters. The van der Waals surface area contributed by atoms with Crippen molar-refractivity contribution in [2.24, 2.45) is 0 Å². The van der Waals surface area contributed by atoms with Gasteiger partial charge in [0.25, 0.3) is 0 Å². The van der Waals surface area contributed by atoms with Gasteiger partial charge in [-0.3, -0.25) is 9.88 Å². The van der Waals surface area contributed by atoms with E-state index in [1.807, 2.05) is 19.2 Å². The lowest BCUT2D eigenvalue weighted by atomic mass is 10.1. The zero-order valence-corrected chi connectivity index (χ0v) is 11.9. The lowest BCUT2D eigenvalue weighted by Crippen LogP contribution is -2.42. The van der Waals surface area contributed by atoms with Crippen molar-refractivity contribution in [3.05, 3.63) is 36.0 Å². The molecule has 0 unspecified atom stereocenters. The Morgan fingerprint density at radius 3 is 2.90 bits per heavy atom. The molecule has 1 aliphatic heterocycles. The monoisotopic (exact) mass is 271 g/mol. The Labute approximate surface area is 119 Å². The Morgan fingerprint density at radius 1 is 1.25 bits per heavy atom. The molecule has 1 N–H and O–H groups in total. The molecule has 106 valence electrons. The van der Waals surface area contributed by atoms with E-state index in [0.29, 0.717) is 6.61 Å². The Morgan fingerprint density at radius 2 is 2.10 bits per heavy atom. The van der Waals surface area contributed by atoms with E-state index in [0.717, 1.165) is 44.0 Å². The first kappa shape index (κ1) is 13.3. The van der Waals surface area contributed by atoms with E-state index in [9.17, 15) is 0 Å². The third-order valence-electron chi connectivity index (χ3n) is 3.73. The van der Waals surface area contributed by atoms with Gasteiger partial charge in [0, 0.05) is 44.3 Å². The van der Waals surface area contributed by atoms with Crippen LogP contribution in [0.4, 0.5) is 0 Å². The molecule has 20 heavy (non-hydrogen) atoms. The first-order valence-electron chi connectivity index (χ1n) is 7.31. The van der Waals surface area contributed by atoms with Gasteiger partial charge in [-0.15, -0.1) is 0 Å². The second kappa shape index (κ2) is 6.20. The average Bonchev–Trinajstić information content (AvgIpc) is 2.51. The van der Waals surface area contributed by atoms with E-state index in [1.54, 1.807) is 0 Å². The minimum absolute atomic E-state index is 0.669. The van der Waals surface area contributed by atoms with E-state index in [2.05, 4.69) is 33.4 Å². The zero-order valence-electron chi connectivity index (χ0n) is 11.9. The number of hydrogen-bond acceptors (Lipinski definition) is 4. The minimum Gasteiger partial charge on any atom is -0.492 e. The fourth-order valence-electron chi connectivity index (χ4n) is 2.73. The SMILES string of the molecule is CCOc1ccc(CN2CCNCC2)c2cccnc12. The van der Waals surface area contributed by atoms with Gasteiger partial charge in [0.15, 0.2) is 0 Å². The van der Waals surface area contributed by atoms with Crippen LogP contribution in [0.25, 0.3) is 10.9 Å². The standard InChI is InChI=1S/C16H21N3O/c1-2-20-15-6-5-13(12-19-10-8-17-9-11-19)14-4-3-7-18-16(14)15/h3-7,17H,2,8-12H2,1H3. The smallest absolute Gasteiger partial charge is 0.145 e. The molecule has 0 saturated carbocycles. The highest BCUT2D eigenvalue weighted by atomic mass is 16.5. The topological polar surface area (TPSA) is 37.4 Å². The number of pyridine rings is 1. The Kier molecular flexibility index (Phi) is 4.14. The van der Waals surface area contributed by atoms with Crippen molar-refractivity contribution in [1.29, 1.82) is 0 Å². The molecule has 1 fully saturated rings. The van der Waals surface area contributed by atoms with Crippen LogP contribution < -0.4 is 10.1 Å². The molecule has 2 heterocycles. The maximum atomic E-state index is 5.68. The quantitative estimate of drug-likeness (QED) is 0.923. The molecule has 2 aromatic rings. The predicted octanol–water partition coefficient (Wildman–Crippen LogP) is 2.04. The molecule has 4 nitrogen and oxygen atoms in total. The molecule has 0 amide bonds. The van der Waals surface area contributed by atoms with E-state index in [4.69, 9.17) is 4.74 Å². The van der Waals surface area contributed by atoms with Crippen LogP contribution in [-0.2, 0) is 6.54 Å². The third kappa shape index (κ3) is 2.76. The Bertz CT molecular complexity index is 579. The molecule has 0 bridgehead atoms. The van der Waals surface area contributed by atoms with Crippen molar-refractivity contribution in [1.82, 2.24) is 15.2 Å². The minimum atomic E-state index is 0.669. The largest absolute Gasteiger partial charge is 0.492 e. The summed E-state index contributed by atoms with van der Waals surface area (Å²) in [6.45, 7) is 8.02. The van der Waals surface area contributed by atoms with Crippen LogP contribution in [0, 0.1) is 0 Å². The molecule has 0 aliphatic carbocycles. The second-order valence-corrected chi connectivity index (χ2v) is 5.08. The van der Waals surface area contributed by atoms with E-state index >= 15 is 0 Å². The number of aromatic nitrogens is 1. The fraction of sp³-hybridized carbons (Fsp3) is 0.438. The Hall–Kier alpha value is -1.65. The highest BCUT2D eigenvalue weighted by molar-refractivity contribution is 5.87. The van der Waals surface area contributed by atoms with E-state index in [1.165, 1.54) is 10.9 Å². The van der Waals surface area contributed by atoms with Crippen molar-refractivity contribution in [2.45, 2.75) is 13.5 Å². The van der Waals surface area contributed by atoms with Gasteiger partial charge in [-0.05, 0) is 24.6 Å². The number of nitrogens with one attached hydrogen (secondary N) is 1. The summed E-state index contributed by atoms with van der Waals surface area (Å²) in [6.07, 6.45) is 1.83. The van der Waals surface area contributed by atoms with Crippen LogP contribution in [0.1, 0.15) is 12.5 Å². The van der Waals surface area contributed by atoms with Crippen molar-refractivity contribution in [3.63, 3.8) is 0 Å². The first-order valence-corrected chi connectivity index (χ1v) is 7.31. The zero-order chi connectivity index (χ0) is 13.8. The van der Waals surface area contributed by atoms with Crippen molar-refractivity contribution in [3.8, 4) is 5.75 Å². The number of nitrogens with zero attached hydrogens (tertiary/aromatic N) is 2. The second-order valence-electron chi connectivity index (χ2n) is 5.08. The van der Waals surface area contributed by atoms with Gasteiger partial charge >= 0.3 is 0 Å². The van der Waals surface area contributed by atoms with Gasteiger partial charge in [-0.2, -0.15) is 0 Å². The fourth-order valence-corrected chi connectivity index (χ4v) is 2.73. The van der Waals surface area contributed by atoms with Crippen molar-refractivity contribution in [2.75, 3.05) is 32.8 Å². The predicted molar refractivity (Wildman–Crippen MR) is 81.1 cm³/mol. The first-order chi connectivity index (χ1) is 9.88. The summed E-state index contributed by atoms with van der Waals surface area (Å²) in [5.74, 6) is 0.882. The van der Waals surface area contributed by atoms with Gasteiger partial charge < -0.3 is 10.1 Å². The van der Waals surface area contributed by atoms with Gasteiger partial charge in [0.05, 0.1) is 6.61 Å². The molecule has 1 aromatic heterocycles. The summed E-state index contributed by atoms with van der Waals surface area (Å²) in [6, 6.07) is 8.37. The number of hydrogen-bond donors (Lipinski definition) is 1. The van der Waals surface area contributed by atoms with Crippen LogP contribution >= 0.6 is 0 Å². The summed E-state index contributed by atoms with van der Waals surface area (Å²) in [7, 11) is 0. The number of piperazine rings is 1. The highest BCUT2D eigenvalue weighted by Crippen LogP contribution is 2.27. The number of benzene rings is 1. The molecule has 0 spiro atoms. The van der Waals surface area contributed by atoms with Gasteiger partial charge in [-0.1, -0.05) is 12.1 Å².